The van der Waals surface area contributed by atoms with E-state index in [-0.39, 0.29) is 31.0 Å². The number of anilines is 2. The smallest absolute Gasteiger partial charge is 0.282 e. The highest BCUT2D eigenvalue weighted by molar-refractivity contribution is 5.98. The molecule has 0 saturated carbocycles. The van der Waals surface area contributed by atoms with Crippen LogP contribution in [0.4, 0.5) is 20.2 Å². The van der Waals surface area contributed by atoms with Crippen LogP contribution in [0.25, 0.3) is 10.9 Å². The summed E-state index contributed by atoms with van der Waals surface area (Å²) in [5, 5.41) is 20.2. The lowest BCUT2D eigenvalue weighted by Crippen LogP contribution is -2.49. The fourth-order valence-electron chi connectivity index (χ4n) is 7.49. The van der Waals surface area contributed by atoms with Crippen LogP contribution in [0.15, 0.2) is 60.7 Å². The van der Waals surface area contributed by atoms with E-state index in [4.69, 9.17) is 43.1 Å². The molecule has 352 valence electrons. The van der Waals surface area contributed by atoms with Gasteiger partial charge in [0.25, 0.3) is 17.6 Å². The average molecular weight is 913 g/mol. The number of hydrogen-bond donors (Lipinski definition) is 5. The van der Waals surface area contributed by atoms with Gasteiger partial charge in [0, 0.05) is 75.6 Å². The number of carbonyl (C=O) groups is 2. The van der Waals surface area contributed by atoms with E-state index in [0.29, 0.717) is 108 Å². The van der Waals surface area contributed by atoms with Gasteiger partial charge in [0.1, 0.15) is 17.3 Å². The predicted octanol–water partition coefficient (Wildman–Crippen LogP) is 2.61. The van der Waals surface area contributed by atoms with E-state index in [1.165, 1.54) is 10.3 Å². The molecule has 3 aromatic carbocycles. The summed E-state index contributed by atoms with van der Waals surface area (Å²) in [5.74, 6) is -3.47. The van der Waals surface area contributed by atoms with Crippen molar-refractivity contribution < 1.29 is 66.6 Å². The molecule has 3 saturated heterocycles. The number of ether oxygens (including phenoxy) is 4. The van der Waals surface area contributed by atoms with Gasteiger partial charge < -0.3 is 54.2 Å². The summed E-state index contributed by atoms with van der Waals surface area (Å²) in [6.07, 6.45) is 0.0953. The van der Waals surface area contributed by atoms with Crippen molar-refractivity contribution in [2.24, 2.45) is 0 Å². The van der Waals surface area contributed by atoms with Gasteiger partial charge >= 0.3 is 0 Å². The summed E-state index contributed by atoms with van der Waals surface area (Å²) in [4.78, 5) is 61.0. The van der Waals surface area contributed by atoms with Crippen LogP contribution in [0, 0.1) is 11.6 Å². The summed E-state index contributed by atoms with van der Waals surface area (Å²) in [7, 11) is 0. The van der Waals surface area contributed by atoms with E-state index < -0.39 is 29.6 Å². The number of carbonyl (C=O) groups excluding carboxylic acids is 2. The Labute approximate surface area is 373 Å². The monoisotopic (exact) mass is 912 g/mol. The molecule has 8 rings (SSSR count). The minimum atomic E-state index is -2.17. The topological polar surface area (TPSA) is 202 Å². The molecule has 65 heavy (non-hydrogen) atoms. The normalized spacial score (nSPS) is 20.2. The van der Waals surface area contributed by atoms with Gasteiger partial charge in [0.2, 0.25) is 12.0 Å². The molecule has 5 heterocycles. The van der Waals surface area contributed by atoms with Crippen LogP contribution in [-0.4, -0.2) is 154 Å². The molecular formula is C43H54F2N8O12. The maximum atomic E-state index is 13.5. The zero-order chi connectivity index (χ0) is 45.0. The molecule has 4 aliphatic rings. The molecule has 3 fully saturated rings. The number of aromatic nitrogens is 1. The molecule has 2 amide bonds. The van der Waals surface area contributed by atoms with Crippen LogP contribution in [0.2, 0.25) is 0 Å². The minimum Gasteiger partial charge on any atom is -0.380 e. The molecule has 2 atom stereocenters. The number of aliphatic hydroxyl groups is 1. The molecule has 0 aliphatic carbocycles. The van der Waals surface area contributed by atoms with E-state index in [2.05, 4.69) is 26.2 Å². The van der Waals surface area contributed by atoms with Crippen LogP contribution < -0.4 is 31.0 Å². The van der Waals surface area contributed by atoms with Gasteiger partial charge in [0.05, 0.1) is 82.6 Å². The highest BCUT2D eigenvalue weighted by Gasteiger charge is 2.45. The third-order valence-corrected chi connectivity index (χ3v) is 11.0. The number of hydrogen-bond acceptors (Lipinski definition) is 17. The molecule has 5 N–H and O–H groups in total. The number of aromatic amines is 1. The van der Waals surface area contributed by atoms with Crippen molar-refractivity contribution in [2.45, 2.75) is 31.4 Å². The first-order valence-electron chi connectivity index (χ1n) is 21.6. The zero-order valence-electron chi connectivity index (χ0n) is 35.8. The first kappa shape index (κ1) is 46.3. The van der Waals surface area contributed by atoms with Gasteiger partial charge in [-0.3, -0.25) is 29.2 Å². The first-order chi connectivity index (χ1) is 31.7. The van der Waals surface area contributed by atoms with Crippen molar-refractivity contribution in [2.75, 3.05) is 116 Å². The lowest BCUT2D eigenvalue weighted by atomic mass is 10.1. The third kappa shape index (κ3) is 12.4. The summed E-state index contributed by atoms with van der Waals surface area (Å²) in [6.45, 7) is 8.17. The fourth-order valence-corrected chi connectivity index (χ4v) is 7.49. The number of nitrogens with one attached hydrogen (secondary N) is 4. The van der Waals surface area contributed by atoms with Gasteiger partial charge in [0.15, 0.2) is 5.75 Å². The van der Waals surface area contributed by atoms with Crippen LogP contribution >= 0.6 is 0 Å². The maximum Gasteiger partial charge on any atom is 0.282 e. The van der Waals surface area contributed by atoms with E-state index >= 15 is 0 Å². The van der Waals surface area contributed by atoms with Crippen LogP contribution in [0.3, 0.4) is 0 Å². The van der Waals surface area contributed by atoms with Gasteiger partial charge in [-0.2, -0.15) is 0 Å². The molecule has 22 heteroatoms. The van der Waals surface area contributed by atoms with Crippen molar-refractivity contribution in [3.05, 3.63) is 83.6 Å². The van der Waals surface area contributed by atoms with Crippen molar-refractivity contribution in [3.8, 4) is 11.5 Å². The molecule has 4 aromatic rings. The van der Waals surface area contributed by atoms with E-state index in [0.717, 1.165) is 54.4 Å². The number of benzene rings is 3. The maximum absolute atomic E-state index is 13.5. The quantitative estimate of drug-likeness (QED) is 0.0720. The Morgan fingerprint density at radius 2 is 1.58 bits per heavy atom. The van der Waals surface area contributed by atoms with Crippen LogP contribution in [-0.2, 0) is 44.8 Å². The van der Waals surface area contributed by atoms with Crippen molar-refractivity contribution in [3.63, 3.8) is 0 Å². The summed E-state index contributed by atoms with van der Waals surface area (Å²) in [5.41, 5.74) is 5.15. The number of piperazine rings is 1. The van der Waals surface area contributed by atoms with Crippen molar-refractivity contribution >= 4 is 34.1 Å². The highest BCUT2D eigenvalue weighted by Crippen LogP contribution is 2.41. The van der Waals surface area contributed by atoms with Crippen molar-refractivity contribution in [1.82, 2.24) is 31.0 Å². The highest BCUT2D eigenvalue weighted by atomic mass is 19.1. The lowest BCUT2D eigenvalue weighted by molar-refractivity contribution is -0.376. The molecule has 0 bridgehead atoms. The molecule has 0 radical (unpaired) electrons. The Kier molecular flexibility index (Phi) is 15.9. The van der Waals surface area contributed by atoms with Gasteiger partial charge in [-0.25, -0.2) is 13.6 Å². The molecule has 1 aromatic heterocycles. The molecule has 0 spiro atoms. The van der Waals surface area contributed by atoms with E-state index in [9.17, 15) is 23.5 Å². The predicted molar refractivity (Wildman–Crippen MR) is 227 cm³/mol. The lowest BCUT2D eigenvalue weighted by Gasteiger charge is -2.34. The second-order valence-electron chi connectivity index (χ2n) is 15.5. The SMILES string of the molecule is O=C(c1cc2cc(N3CCC(O)(C(=O)NCc4cc(F)cc(F)c4)O3)ccc2[nH]1)N1CCN(CCOCCOCCOCCOCCNc2cccc3c2ON(C2CCONO2)O3)CC1. The molecule has 4 aliphatic heterocycles. The molecule has 2 unspecified atom stereocenters. The third-order valence-electron chi connectivity index (χ3n) is 11.0. The number of halogens is 2. The van der Waals surface area contributed by atoms with E-state index in [1.807, 2.05) is 23.1 Å². The second-order valence-corrected chi connectivity index (χ2v) is 15.5. The van der Waals surface area contributed by atoms with Crippen molar-refractivity contribution in [1.29, 1.82) is 0 Å². The number of para-hydroxylation sites is 1. The molecular weight excluding hydrogens is 859 g/mol. The number of fused-ring (bicyclic) bond motifs is 2. The number of hydroxylamine groups is 3. The Morgan fingerprint density at radius 1 is 0.846 bits per heavy atom. The second kappa shape index (κ2) is 22.3. The number of rotatable bonds is 22. The Morgan fingerprint density at radius 3 is 2.32 bits per heavy atom. The number of amides is 2. The number of H-pyrrole nitrogens is 1. The first-order valence-corrected chi connectivity index (χ1v) is 21.6. The largest absolute Gasteiger partial charge is 0.380 e. The van der Waals surface area contributed by atoms with Gasteiger partial charge in [-0.15, -0.1) is 0 Å². The number of nitrogens with zero attached hydrogens (tertiary/aromatic N) is 4. The minimum absolute atomic E-state index is 0.0353. The Bertz CT molecular complexity index is 2190. The Balaban J connectivity index is 0.636. The fraction of sp³-hybridized carbons (Fsp3) is 0.488. The summed E-state index contributed by atoms with van der Waals surface area (Å²) < 4.78 is 49.8. The van der Waals surface area contributed by atoms with Crippen LogP contribution in [0.1, 0.15) is 28.9 Å². The Hall–Kier alpha value is -5.24. The van der Waals surface area contributed by atoms with Crippen LogP contribution in [0.5, 0.6) is 11.5 Å². The average Bonchev–Trinajstić information content (AvgIpc) is 4.07. The van der Waals surface area contributed by atoms with Gasteiger partial charge in [-0.1, -0.05) is 11.7 Å². The summed E-state index contributed by atoms with van der Waals surface area (Å²) in [6, 6.07) is 15.7. The summed E-state index contributed by atoms with van der Waals surface area (Å²) >= 11 is 0. The van der Waals surface area contributed by atoms with E-state index in [1.54, 1.807) is 24.3 Å². The zero-order valence-corrected chi connectivity index (χ0v) is 35.8. The van der Waals surface area contributed by atoms with Gasteiger partial charge in [-0.05, 0) is 54.1 Å². The molecule has 20 nitrogen and oxygen atoms in total. The standard InChI is InChI=1S/C43H54F2N8O12/c44-32-24-30(25-33(45)28-32)29-47-42(55)43(56)7-9-52(65-43)34-4-5-35-31(26-34)27-37(48-35)41(54)51-12-10-50(11-13-51)14-17-58-19-21-60-23-22-59-20-18-57-16-8-46-36-2-1-3-38-40(36)64-53(63-38)39-6-15-61-49-62-39/h1-5,24-28,39,46,48-49,56H,6-23,29H2,(H,47,55).